The number of hydrogen-bond acceptors (Lipinski definition) is 2. The molecule has 100 valence electrons. The predicted octanol–water partition coefficient (Wildman–Crippen LogP) is 2.91. The summed E-state index contributed by atoms with van der Waals surface area (Å²) in [5.74, 6) is -0.146. The van der Waals surface area contributed by atoms with Gasteiger partial charge in [0.15, 0.2) is 0 Å². The average molecular weight is 266 g/mol. The zero-order chi connectivity index (χ0) is 13.9. The molecule has 1 aromatic heterocycles. The van der Waals surface area contributed by atoms with Crippen LogP contribution in [0.1, 0.15) is 15.9 Å². The molecule has 2 aromatic carbocycles. The minimum Gasteiger partial charge on any atom is -0.392 e. The van der Waals surface area contributed by atoms with Crippen LogP contribution in [0.5, 0.6) is 0 Å². The van der Waals surface area contributed by atoms with Gasteiger partial charge in [-0.25, -0.2) is 0 Å². The number of carbonyl (C=O) groups excluding carboxylic acids is 1. The Balaban J connectivity index is 1.87. The third kappa shape index (κ3) is 2.29. The van der Waals surface area contributed by atoms with Gasteiger partial charge in [-0.1, -0.05) is 18.2 Å². The summed E-state index contributed by atoms with van der Waals surface area (Å²) >= 11 is 0. The van der Waals surface area contributed by atoms with Crippen LogP contribution in [0, 0.1) is 0 Å². The summed E-state index contributed by atoms with van der Waals surface area (Å²) in [6.07, 6.45) is 1.82. The molecule has 3 aromatic rings. The van der Waals surface area contributed by atoms with Crippen molar-refractivity contribution in [3.63, 3.8) is 0 Å². The summed E-state index contributed by atoms with van der Waals surface area (Å²) in [7, 11) is 0. The molecule has 0 saturated carbocycles. The number of benzene rings is 2. The van der Waals surface area contributed by atoms with Gasteiger partial charge in [-0.15, -0.1) is 0 Å². The fraction of sp³-hybridized carbons (Fsp3) is 0.0625. The van der Waals surface area contributed by atoms with Crippen molar-refractivity contribution in [2.45, 2.75) is 6.61 Å². The maximum Gasteiger partial charge on any atom is 0.256 e. The SMILES string of the molecule is O=C(Nc1ccc(CO)cc1)c1cccc2[nH]ccc12. The summed E-state index contributed by atoms with van der Waals surface area (Å²) in [6.45, 7) is -0.00309. The molecule has 0 spiro atoms. The van der Waals surface area contributed by atoms with Crippen molar-refractivity contribution in [1.82, 2.24) is 4.98 Å². The number of amides is 1. The molecule has 1 heterocycles. The van der Waals surface area contributed by atoms with Crippen LogP contribution < -0.4 is 5.32 Å². The molecular formula is C16H14N2O2. The van der Waals surface area contributed by atoms with Crippen LogP contribution in [0.15, 0.2) is 54.7 Å². The molecule has 1 amide bonds. The number of fused-ring (bicyclic) bond motifs is 1. The number of aromatic amines is 1. The molecule has 0 aliphatic carbocycles. The first-order valence-electron chi connectivity index (χ1n) is 6.35. The minimum atomic E-state index is -0.146. The first kappa shape index (κ1) is 12.4. The lowest BCUT2D eigenvalue weighted by Crippen LogP contribution is -2.12. The van der Waals surface area contributed by atoms with Gasteiger partial charge in [0.05, 0.1) is 6.61 Å². The number of anilines is 1. The van der Waals surface area contributed by atoms with E-state index in [9.17, 15) is 4.79 Å². The molecule has 0 atom stereocenters. The van der Waals surface area contributed by atoms with Gasteiger partial charge in [-0.2, -0.15) is 0 Å². The lowest BCUT2D eigenvalue weighted by atomic mass is 10.1. The number of aliphatic hydroxyl groups excluding tert-OH is 1. The number of hydrogen-bond donors (Lipinski definition) is 3. The lowest BCUT2D eigenvalue weighted by Gasteiger charge is -2.07. The van der Waals surface area contributed by atoms with E-state index in [2.05, 4.69) is 10.3 Å². The van der Waals surface area contributed by atoms with Gasteiger partial charge in [0, 0.05) is 28.4 Å². The normalized spacial score (nSPS) is 10.7. The van der Waals surface area contributed by atoms with Gasteiger partial charge >= 0.3 is 0 Å². The zero-order valence-corrected chi connectivity index (χ0v) is 10.8. The Morgan fingerprint density at radius 2 is 1.90 bits per heavy atom. The second-order valence-electron chi connectivity index (χ2n) is 4.55. The van der Waals surface area contributed by atoms with Crippen LogP contribution in [0.2, 0.25) is 0 Å². The van der Waals surface area contributed by atoms with Crippen molar-refractivity contribution in [1.29, 1.82) is 0 Å². The molecule has 3 N–H and O–H groups in total. The van der Waals surface area contributed by atoms with Gasteiger partial charge in [-0.3, -0.25) is 4.79 Å². The van der Waals surface area contributed by atoms with E-state index < -0.39 is 0 Å². The smallest absolute Gasteiger partial charge is 0.256 e. The molecule has 0 saturated heterocycles. The molecule has 4 nitrogen and oxygen atoms in total. The second-order valence-corrected chi connectivity index (χ2v) is 4.55. The number of carbonyl (C=O) groups is 1. The number of rotatable bonds is 3. The Bertz CT molecular complexity index is 745. The Morgan fingerprint density at radius 1 is 1.10 bits per heavy atom. The molecule has 20 heavy (non-hydrogen) atoms. The summed E-state index contributed by atoms with van der Waals surface area (Å²) in [5, 5.41) is 12.7. The monoisotopic (exact) mass is 266 g/mol. The highest BCUT2D eigenvalue weighted by Gasteiger charge is 2.10. The Labute approximate surface area is 116 Å². The summed E-state index contributed by atoms with van der Waals surface area (Å²) in [5.41, 5.74) is 3.10. The number of H-pyrrole nitrogens is 1. The standard InChI is InChI=1S/C16H14N2O2/c19-10-11-4-6-12(7-5-11)18-16(20)14-2-1-3-15-13(14)8-9-17-15/h1-9,17,19H,10H2,(H,18,20). The fourth-order valence-corrected chi connectivity index (χ4v) is 2.18. The van der Waals surface area contributed by atoms with Crippen LogP contribution in [0.3, 0.4) is 0 Å². The third-order valence-corrected chi connectivity index (χ3v) is 3.23. The van der Waals surface area contributed by atoms with Crippen molar-refractivity contribution >= 4 is 22.5 Å². The number of nitrogens with one attached hydrogen (secondary N) is 2. The summed E-state index contributed by atoms with van der Waals surface area (Å²) in [6, 6.07) is 14.6. The molecule has 0 radical (unpaired) electrons. The van der Waals surface area contributed by atoms with E-state index in [1.165, 1.54) is 0 Å². The van der Waals surface area contributed by atoms with Crippen molar-refractivity contribution in [2.24, 2.45) is 0 Å². The van der Waals surface area contributed by atoms with Crippen LogP contribution in [-0.2, 0) is 6.61 Å². The van der Waals surface area contributed by atoms with Crippen molar-refractivity contribution < 1.29 is 9.90 Å². The van der Waals surface area contributed by atoms with Gasteiger partial charge < -0.3 is 15.4 Å². The third-order valence-electron chi connectivity index (χ3n) is 3.23. The van der Waals surface area contributed by atoms with E-state index in [0.717, 1.165) is 16.5 Å². The molecule has 0 aliphatic rings. The molecule has 0 bridgehead atoms. The molecular weight excluding hydrogens is 252 g/mol. The van der Waals surface area contributed by atoms with Crippen molar-refractivity contribution in [2.75, 3.05) is 5.32 Å². The van der Waals surface area contributed by atoms with Crippen molar-refractivity contribution in [3.8, 4) is 0 Å². The Kier molecular flexibility index (Phi) is 3.23. The maximum atomic E-state index is 12.3. The second kappa shape index (κ2) is 5.19. The van der Waals surface area contributed by atoms with E-state index in [1.54, 1.807) is 30.3 Å². The summed E-state index contributed by atoms with van der Waals surface area (Å²) < 4.78 is 0. The number of aliphatic hydroxyl groups is 1. The Morgan fingerprint density at radius 3 is 2.65 bits per heavy atom. The van der Waals surface area contributed by atoms with Gasteiger partial charge in [0.25, 0.3) is 5.91 Å². The van der Waals surface area contributed by atoms with E-state index in [1.807, 2.05) is 24.4 Å². The van der Waals surface area contributed by atoms with Gasteiger partial charge in [-0.05, 0) is 35.9 Å². The highest BCUT2D eigenvalue weighted by atomic mass is 16.3. The van der Waals surface area contributed by atoms with Crippen LogP contribution in [-0.4, -0.2) is 16.0 Å². The molecule has 4 heteroatoms. The Hall–Kier alpha value is -2.59. The lowest BCUT2D eigenvalue weighted by molar-refractivity contribution is 0.102. The van der Waals surface area contributed by atoms with Gasteiger partial charge in [0.1, 0.15) is 0 Å². The summed E-state index contributed by atoms with van der Waals surface area (Å²) in [4.78, 5) is 15.4. The maximum absolute atomic E-state index is 12.3. The zero-order valence-electron chi connectivity index (χ0n) is 10.8. The predicted molar refractivity (Wildman–Crippen MR) is 78.6 cm³/mol. The molecule has 0 aliphatic heterocycles. The fourth-order valence-electron chi connectivity index (χ4n) is 2.18. The van der Waals surface area contributed by atoms with E-state index in [0.29, 0.717) is 11.3 Å². The number of aromatic nitrogens is 1. The van der Waals surface area contributed by atoms with E-state index in [4.69, 9.17) is 5.11 Å². The first-order chi connectivity index (χ1) is 9.78. The van der Waals surface area contributed by atoms with Crippen LogP contribution in [0.4, 0.5) is 5.69 Å². The van der Waals surface area contributed by atoms with Crippen LogP contribution >= 0.6 is 0 Å². The largest absolute Gasteiger partial charge is 0.392 e. The highest BCUT2D eigenvalue weighted by molar-refractivity contribution is 6.12. The molecule has 3 rings (SSSR count). The van der Waals surface area contributed by atoms with Crippen molar-refractivity contribution in [3.05, 3.63) is 65.9 Å². The molecule has 0 unspecified atom stereocenters. The highest BCUT2D eigenvalue weighted by Crippen LogP contribution is 2.19. The average Bonchev–Trinajstić information content (AvgIpc) is 2.96. The topological polar surface area (TPSA) is 65.1 Å². The molecule has 0 fully saturated rings. The first-order valence-corrected chi connectivity index (χ1v) is 6.35. The van der Waals surface area contributed by atoms with E-state index in [-0.39, 0.29) is 12.5 Å². The minimum absolute atomic E-state index is 0.00309. The van der Waals surface area contributed by atoms with Gasteiger partial charge in [0.2, 0.25) is 0 Å². The van der Waals surface area contributed by atoms with Crippen LogP contribution in [0.25, 0.3) is 10.9 Å². The quantitative estimate of drug-likeness (QED) is 0.682. The van der Waals surface area contributed by atoms with E-state index >= 15 is 0 Å².